The first-order valence-electron chi connectivity index (χ1n) is 8.75. The highest BCUT2D eigenvalue weighted by atomic mass is 79.9. The second-order valence-electron chi connectivity index (χ2n) is 6.45. The summed E-state index contributed by atoms with van der Waals surface area (Å²) in [5.41, 5.74) is 2.70. The van der Waals surface area contributed by atoms with Crippen molar-refractivity contribution >= 4 is 55.8 Å². The van der Waals surface area contributed by atoms with Crippen LogP contribution in [0.3, 0.4) is 0 Å². The predicted octanol–water partition coefficient (Wildman–Crippen LogP) is 5.71. The van der Waals surface area contributed by atoms with Crippen molar-refractivity contribution in [2.75, 3.05) is 12.4 Å². The molecule has 30 heavy (non-hydrogen) atoms. The molecule has 0 unspecified atom stereocenters. The van der Waals surface area contributed by atoms with Crippen molar-refractivity contribution in [1.82, 2.24) is 14.5 Å². The molecule has 4 aromatic rings. The molecule has 0 atom stereocenters. The summed E-state index contributed by atoms with van der Waals surface area (Å²) in [6.45, 7) is 0. The summed E-state index contributed by atoms with van der Waals surface area (Å²) in [4.78, 5) is 19.6. The molecule has 0 spiro atoms. The summed E-state index contributed by atoms with van der Waals surface area (Å²) in [5.74, 6) is 0.634. The number of rotatable bonds is 5. The lowest BCUT2D eigenvalue weighted by Gasteiger charge is -2.12. The number of aromatic nitrogens is 3. The first-order chi connectivity index (χ1) is 14.4. The largest absolute Gasteiger partial charge is 0.495 e. The van der Waals surface area contributed by atoms with E-state index >= 15 is 0 Å². The molecule has 0 aliphatic rings. The molecule has 152 valence electrons. The van der Waals surface area contributed by atoms with Crippen LogP contribution >= 0.6 is 27.5 Å². The van der Waals surface area contributed by atoms with Gasteiger partial charge in [0.1, 0.15) is 5.75 Å². The molecule has 0 fully saturated rings. The van der Waals surface area contributed by atoms with Gasteiger partial charge in [0.2, 0.25) is 5.95 Å². The van der Waals surface area contributed by atoms with Crippen molar-refractivity contribution in [1.29, 1.82) is 0 Å². The monoisotopic (exact) mass is 487 g/mol. The number of para-hydroxylation sites is 1. The van der Waals surface area contributed by atoms with Gasteiger partial charge in [0.15, 0.2) is 0 Å². The van der Waals surface area contributed by atoms with Crippen molar-refractivity contribution < 1.29 is 9.66 Å². The maximum absolute atomic E-state index is 11.3. The van der Waals surface area contributed by atoms with Crippen molar-refractivity contribution in [3.05, 3.63) is 68.4 Å². The Labute approximate surface area is 184 Å². The standard InChI is InChI=1S/C20H15BrClN5O3/c1-26-10-12(11-5-3-4-6-16(11)26)19-14(22)9-23-20(25-19)24-15-8-17(27(28)29)13(21)7-18(15)30-2/h3-10H,1-2H3,(H,23,24,25). The Morgan fingerprint density at radius 1 is 1.30 bits per heavy atom. The average Bonchev–Trinajstić information content (AvgIpc) is 3.07. The van der Waals surface area contributed by atoms with E-state index in [9.17, 15) is 10.1 Å². The predicted molar refractivity (Wildman–Crippen MR) is 120 cm³/mol. The lowest BCUT2D eigenvalue weighted by Crippen LogP contribution is -2.02. The molecule has 1 N–H and O–H groups in total. The molecule has 4 rings (SSSR count). The first-order valence-corrected chi connectivity index (χ1v) is 9.92. The third kappa shape index (κ3) is 3.57. The minimum absolute atomic E-state index is 0.110. The van der Waals surface area contributed by atoms with Gasteiger partial charge in [-0.3, -0.25) is 10.1 Å². The van der Waals surface area contributed by atoms with Gasteiger partial charge in [-0.05, 0) is 22.0 Å². The van der Waals surface area contributed by atoms with E-state index in [-0.39, 0.29) is 11.6 Å². The zero-order chi connectivity index (χ0) is 21.4. The number of hydrogen-bond donors (Lipinski definition) is 1. The zero-order valence-corrected chi connectivity index (χ0v) is 18.2. The molecule has 2 heterocycles. The number of anilines is 2. The summed E-state index contributed by atoms with van der Waals surface area (Å²) in [6, 6.07) is 10.8. The van der Waals surface area contributed by atoms with E-state index in [0.717, 1.165) is 16.5 Å². The van der Waals surface area contributed by atoms with Gasteiger partial charge in [0, 0.05) is 41.8 Å². The second kappa shape index (κ2) is 7.92. The number of nitro groups is 1. The molecule has 0 radical (unpaired) electrons. The molecular formula is C20H15BrClN5O3. The van der Waals surface area contributed by atoms with E-state index in [2.05, 4.69) is 31.2 Å². The topological polar surface area (TPSA) is 95.1 Å². The van der Waals surface area contributed by atoms with E-state index in [1.54, 1.807) is 0 Å². The molecule has 0 saturated heterocycles. The number of ether oxygens (including phenoxy) is 1. The Morgan fingerprint density at radius 2 is 2.07 bits per heavy atom. The SMILES string of the molecule is COc1cc(Br)c([N+](=O)[O-])cc1Nc1ncc(Cl)c(-c2cn(C)c3ccccc23)n1. The van der Waals surface area contributed by atoms with Crippen LogP contribution < -0.4 is 10.1 Å². The first kappa shape index (κ1) is 20.1. The molecule has 8 nitrogen and oxygen atoms in total. The fourth-order valence-corrected chi connectivity index (χ4v) is 3.88. The van der Waals surface area contributed by atoms with Gasteiger partial charge >= 0.3 is 0 Å². The zero-order valence-electron chi connectivity index (χ0n) is 15.9. The Kier molecular flexibility index (Phi) is 5.31. The molecule has 10 heteroatoms. The van der Waals surface area contributed by atoms with Gasteiger partial charge in [0.25, 0.3) is 5.69 Å². The number of aryl methyl sites for hydroxylation is 1. The smallest absolute Gasteiger partial charge is 0.285 e. The summed E-state index contributed by atoms with van der Waals surface area (Å²) >= 11 is 9.59. The van der Waals surface area contributed by atoms with Gasteiger partial charge in [-0.1, -0.05) is 29.8 Å². The highest BCUT2D eigenvalue weighted by Crippen LogP contribution is 2.38. The van der Waals surface area contributed by atoms with E-state index in [4.69, 9.17) is 16.3 Å². The van der Waals surface area contributed by atoms with Crippen LogP contribution in [0.1, 0.15) is 0 Å². The molecule has 2 aromatic carbocycles. The van der Waals surface area contributed by atoms with Gasteiger partial charge < -0.3 is 14.6 Å². The Morgan fingerprint density at radius 3 is 2.80 bits per heavy atom. The third-order valence-electron chi connectivity index (χ3n) is 4.61. The Bertz CT molecular complexity index is 1290. The van der Waals surface area contributed by atoms with Gasteiger partial charge in [0.05, 0.1) is 39.1 Å². The van der Waals surface area contributed by atoms with Crippen molar-refractivity contribution in [3.8, 4) is 17.0 Å². The maximum Gasteiger partial charge on any atom is 0.285 e. The third-order valence-corrected chi connectivity index (χ3v) is 5.52. The number of nitro benzene ring substituents is 1. The highest BCUT2D eigenvalue weighted by Gasteiger charge is 2.19. The van der Waals surface area contributed by atoms with Crippen LogP contribution in [0.5, 0.6) is 5.75 Å². The summed E-state index contributed by atoms with van der Waals surface area (Å²) in [7, 11) is 3.43. The lowest BCUT2D eigenvalue weighted by molar-refractivity contribution is -0.385. The van der Waals surface area contributed by atoms with Crippen LogP contribution in [-0.4, -0.2) is 26.6 Å². The Hall–Kier alpha value is -3.17. The number of hydrogen-bond acceptors (Lipinski definition) is 6. The van der Waals surface area contributed by atoms with Gasteiger partial charge in [-0.15, -0.1) is 0 Å². The van der Waals surface area contributed by atoms with E-state index in [1.165, 1.54) is 25.4 Å². The lowest BCUT2D eigenvalue weighted by atomic mass is 10.1. The summed E-state index contributed by atoms with van der Waals surface area (Å²) < 4.78 is 7.64. The van der Waals surface area contributed by atoms with Crippen LogP contribution in [0.15, 0.2) is 53.3 Å². The normalized spacial score (nSPS) is 10.9. The molecular weight excluding hydrogens is 474 g/mol. The molecule has 0 aliphatic heterocycles. The average molecular weight is 489 g/mol. The quantitative estimate of drug-likeness (QED) is 0.285. The van der Waals surface area contributed by atoms with Crippen LogP contribution in [-0.2, 0) is 7.05 Å². The van der Waals surface area contributed by atoms with Crippen LogP contribution in [0.2, 0.25) is 5.02 Å². The second-order valence-corrected chi connectivity index (χ2v) is 7.71. The molecule has 2 aromatic heterocycles. The number of methoxy groups -OCH3 is 1. The highest BCUT2D eigenvalue weighted by molar-refractivity contribution is 9.10. The van der Waals surface area contributed by atoms with Crippen LogP contribution in [0.25, 0.3) is 22.2 Å². The van der Waals surface area contributed by atoms with E-state index < -0.39 is 4.92 Å². The molecule has 0 saturated carbocycles. The van der Waals surface area contributed by atoms with Crippen molar-refractivity contribution in [3.63, 3.8) is 0 Å². The minimum Gasteiger partial charge on any atom is -0.495 e. The number of nitrogens with zero attached hydrogens (tertiary/aromatic N) is 4. The number of halogens is 2. The number of benzene rings is 2. The minimum atomic E-state index is -0.487. The summed E-state index contributed by atoms with van der Waals surface area (Å²) in [6.07, 6.45) is 3.45. The van der Waals surface area contributed by atoms with Crippen molar-refractivity contribution in [2.24, 2.45) is 7.05 Å². The Balaban J connectivity index is 1.80. The fraction of sp³-hybridized carbons (Fsp3) is 0.100. The van der Waals surface area contributed by atoms with Gasteiger partial charge in [-0.2, -0.15) is 0 Å². The fourth-order valence-electron chi connectivity index (χ4n) is 3.22. The summed E-state index contributed by atoms with van der Waals surface area (Å²) in [5, 5.41) is 15.7. The van der Waals surface area contributed by atoms with Crippen LogP contribution in [0.4, 0.5) is 17.3 Å². The number of fused-ring (bicyclic) bond motifs is 1. The van der Waals surface area contributed by atoms with E-state index in [0.29, 0.717) is 26.6 Å². The number of nitrogens with one attached hydrogen (secondary N) is 1. The molecule has 0 amide bonds. The van der Waals surface area contributed by atoms with Crippen molar-refractivity contribution in [2.45, 2.75) is 0 Å². The maximum atomic E-state index is 11.3. The molecule has 0 aliphatic carbocycles. The van der Waals surface area contributed by atoms with Crippen LogP contribution in [0, 0.1) is 10.1 Å². The van der Waals surface area contributed by atoms with Gasteiger partial charge in [-0.25, -0.2) is 9.97 Å². The van der Waals surface area contributed by atoms with E-state index in [1.807, 2.05) is 42.1 Å². The molecule has 0 bridgehead atoms.